The van der Waals surface area contributed by atoms with Crippen molar-refractivity contribution in [3.05, 3.63) is 46.5 Å². The van der Waals surface area contributed by atoms with Crippen LogP contribution >= 0.6 is 11.3 Å². The highest BCUT2D eigenvalue weighted by molar-refractivity contribution is 7.15. The number of aryl methyl sites for hydroxylation is 2. The van der Waals surface area contributed by atoms with Crippen molar-refractivity contribution >= 4 is 28.3 Å². The SMILES string of the molecule is Cc1nc(NC(=O)C(=O)NC2CCN(Cc3ccccc3)CC2)sc1C. The van der Waals surface area contributed by atoms with Gasteiger partial charge in [0.25, 0.3) is 0 Å². The summed E-state index contributed by atoms with van der Waals surface area (Å²) < 4.78 is 0. The van der Waals surface area contributed by atoms with E-state index in [-0.39, 0.29) is 6.04 Å². The van der Waals surface area contributed by atoms with Gasteiger partial charge >= 0.3 is 11.8 Å². The number of hydrogen-bond acceptors (Lipinski definition) is 5. The van der Waals surface area contributed by atoms with Crippen LogP contribution in [0.25, 0.3) is 0 Å². The monoisotopic (exact) mass is 372 g/mol. The van der Waals surface area contributed by atoms with Gasteiger partial charge in [-0.2, -0.15) is 0 Å². The predicted molar refractivity (Wildman–Crippen MR) is 103 cm³/mol. The molecule has 0 saturated carbocycles. The molecule has 1 fully saturated rings. The molecule has 3 rings (SSSR count). The molecule has 2 amide bonds. The maximum absolute atomic E-state index is 12.1. The fourth-order valence-corrected chi connectivity index (χ4v) is 3.82. The van der Waals surface area contributed by atoms with Crippen molar-refractivity contribution in [3.63, 3.8) is 0 Å². The molecular weight excluding hydrogens is 348 g/mol. The largest absolute Gasteiger partial charge is 0.345 e. The number of carbonyl (C=O) groups excluding carboxylic acids is 2. The fourth-order valence-electron chi connectivity index (χ4n) is 3.01. The Balaban J connectivity index is 1.43. The summed E-state index contributed by atoms with van der Waals surface area (Å²) in [6.45, 7) is 6.56. The summed E-state index contributed by atoms with van der Waals surface area (Å²) in [5.74, 6) is -1.23. The smallest absolute Gasteiger partial charge is 0.315 e. The van der Waals surface area contributed by atoms with Crippen molar-refractivity contribution in [3.8, 4) is 0 Å². The summed E-state index contributed by atoms with van der Waals surface area (Å²) in [5.41, 5.74) is 2.17. The number of thiazole rings is 1. The van der Waals surface area contributed by atoms with E-state index in [4.69, 9.17) is 0 Å². The maximum atomic E-state index is 12.1. The number of piperidine rings is 1. The standard InChI is InChI=1S/C19H24N4O2S/c1-13-14(2)26-19(20-13)22-18(25)17(24)21-16-8-10-23(11-9-16)12-15-6-4-3-5-7-15/h3-7,16H,8-12H2,1-2H3,(H,21,24)(H,20,22,25). The van der Waals surface area contributed by atoms with E-state index in [1.54, 1.807) is 0 Å². The van der Waals surface area contributed by atoms with E-state index >= 15 is 0 Å². The van der Waals surface area contributed by atoms with Crippen LogP contribution in [0, 0.1) is 13.8 Å². The highest BCUT2D eigenvalue weighted by atomic mass is 32.1. The minimum Gasteiger partial charge on any atom is -0.345 e. The Morgan fingerprint density at radius 3 is 2.46 bits per heavy atom. The molecule has 1 saturated heterocycles. The van der Waals surface area contributed by atoms with Gasteiger partial charge in [-0.3, -0.25) is 19.8 Å². The molecule has 2 aromatic rings. The molecule has 1 aliphatic rings. The van der Waals surface area contributed by atoms with E-state index in [1.807, 2.05) is 32.0 Å². The molecule has 0 aliphatic carbocycles. The first kappa shape index (κ1) is 18.5. The maximum Gasteiger partial charge on any atom is 0.315 e. The summed E-state index contributed by atoms with van der Waals surface area (Å²) in [4.78, 5) is 31.8. The van der Waals surface area contributed by atoms with Crippen LogP contribution < -0.4 is 10.6 Å². The summed E-state index contributed by atoms with van der Waals surface area (Å²) in [6.07, 6.45) is 1.70. The lowest BCUT2D eigenvalue weighted by Crippen LogP contribution is -2.47. The molecule has 6 nitrogen and oxygen atoms in total. The molecular formula is C19H24N4O2S. The lowest BCUT2D eigenvalue weighted by molar-refractivity contribution is -0.136. The van der Waals surface area contributed by atoms with Crippen LogP contribution in [0.15, 0.2) is 30.3 Å². The quantitative estimate of drug-likeness (QED) is 0.809. The molecule has 0 atom stereocenters. The van der Waals surface area contributed by atoms with Gasteiger partial charge in [-0.1, -0.05) is 30.3 Å². The van der Waals surface area contributed by atoms with Crippen LogP contribution in [0.3, 0.4) is 0 Å². The van der Waals surface area contributed by atoms with E-state index < -0.39 is 11.8 Å². The lowest BCUT2D eigenvalue weighted by Gasteiger charge is -2.32. The topological polar surface area (TPSA) is 74.3 Å². The molecule has 0 radical (unpaired) electrons. The van der Waals surface area contributed by atoms with Gasteiger partial charge in [0, 0.05) is 30.6 Å². The van der Waals surface area contributed by atoms with Gasteiger partial charge in [-0.05, 0) is 32.3 Å². The highest BCUT2D eigenvalue weighted by Crippen LogP contribution is 2.21. The van der Waals surface area contributed by atoms with E-state index in [2.05, 4.69) is 32.7 Å². The molecule has 2 N–H and O–H groups in total. The molecule has 1 aromatic carbocycles. The molecule has 2 heterocycles. The number of nitrogens with one attached hydrogen (secondary N) is 2. The molecule has 138 valence electrons. The first-order valence-electron chi connectivity index (χ1n) is 8.83. The first-order valence-corrected chi connectivity index (χ1v) is 9.65. The van der Waals surface area contributed by atoms with Gasteiger partial charge in [-0.15, -0.1) is 11.3 Å². The number of rotatable bonds is 4. The zero-order valence-electron chi connectivity index (χ0n) is 15.1. The lowest BCUT2D eigenvalue weighted by atomic mass is 10.0. The fraction of sp³-hybridized carbons (Fsp3) is 0.421. The van der Waals surface area contributed by atoms with Crippen LogP contribution in [0.5, 0.6) is 0 Å². The number of likely N-dealkylation sites (tertiary alicyclic amines) is 1. The number of aromatic nitrogens is 1. The third-order valence-corrected chi connectivity index (χ3v) is 5.62. The molecule has 1 aliphatic heterocycles. The Labute approximate surface area is 157 Å². The van der Waals surface area contributed by atoms with Crippen molar-refractivity contribution in [1.82, 2.24) is 15.2 Å². The van der Waals surface area contributed by atoms with Crippen LogP contribution in [0.1, 0.15) is 29.0 Å². The molecule has 1 aromatic heterocycles. The average molecular weight is 372 g/mol. The predicted octanol–water partition coefficient (Wildman–Crippen LogP) is 2.48. The number of anilines is 1. The van der Waals surface area contributed by atoms with Crippen molar-refractivity contribution in [2.45, 2.75) is 39.3 Å². The van der Waals surface area contributed by atoms with Gasteiger partial charge in [0.2, 0.25) is 0 Å². The normalized spacial score (nSPS) is 15.6. The summed E-state index contributed by atoms with van der Waals surface area (Å²) in [7, 11) is 0. The van der Waals surface area contributed by atoms with Gasteiger partial charge in [-0.25, -0.2) is 4.98 Å². The first-order chi connectivity index (χ1) is 12.5. The zero-order chi connectivity index (χ0) is 18.5. The highest BCUT2D eigenvalue weighted by Gasteiger charge is 2.24. The molecule has 26 heavy (non-hydrogen) atoms. The second-order valence-corrected chi connectivity index (χ2v) is 7.83. The second-order valence-electron chi connectivity index (χ2n) is 6.62. The molecule has 0 unspecified atom stereocenters. The van der Waals surface area contributed by atoms with E-state index in [9.17, 15) is 9.59 Å². The number of benzene rings is 1. The van der Waals surface area contributed by atoms with E-state index in [1.165, 1.54) is 16.9 Å². The minimum absolute atomic E-state index is 0.0417. The molecule has 7 heteroatoms. The van der Waals surface area contributed by atoms with Gasteiger partial charge in [0.1, 0.15) is 0 Å². The van der Waals surface area contributed by atoms with Crippen LogP contribution in [0.4, 0.5) is 5.13 Å². The third kappa shape index (κ3) is 4.89. The van der Waals surface area contributed by atoms with Crippen molar-refractivity contribution in [2.24, 2.45) is 0 Å². The number of hydrogen-bond donors (Lipinski definition) is 2. The van der Waals surface area contributed by atoms with E-state index in [0.717, 1.165) is 43.0 Å². The van der Waals surface area contributed by atoms with Crippen molar-refractivity contribution in [2.75, 3.05) is 18.4 Å². The van der Waals surface area contributed by atoms with Gasteiger partial charge in [0.05, 0.1) is 5.69 Å². The number of amides is 2. The number of carbonyl (C=O) groups is 2. The third-order valence-electron chi connectivity index (χ3n) is 4.63. The summed E-state index contributed by atoms with van der Waals surface area (Å²) >= 11 is 1.38. The van der Waals surface area contributed by atoms with Crippen LogP contribution in [-0.4, -0.2) is 40.8 Å². The van der Waals surface area contributed by atoms with E-state index in [0.29, 0.717) is 5.13 Å². The Morgan fingerprint density at radius 2 is 1.85 bits per heavy atom. The molecule has 0 spiro atoms. The Kier molecular flexibility index (Phi) is 6.00. The Bertz CT molecular complexity index is 748. The van der Waals surface area contributed by atoms with Crippen LogP contribution in [-0.2, 0) is 16.1 Å². The Morgan fingerprint density at radius 1 is 1.15 bits per heavy atom. The summed E-state index contributed by atoms with van der Waals surface area (Å²) in [5, 5.41) is 5.89. The second kappa shape index (κ2) is 8.42. The van der Waals surface area contributed by atoms with Gasteiger partial charge < -0.3 is 5.32 Å². The minimum atomic E-state index is -0.648. The zero-order valence-corrected chi connectivity index (χ0v) is 15.9. The average Bonchev–Trinajstić information content (AvgIpc) is 2.95. The van der Waals surface area contributed by atoms with Crippen molar-refractivity contribution < 1.29 is 9.59 Å². The van der Waals surface area contributed by atoms with Gasteiger partial charge in [0.15, 0.2) is 5.13 Å². The summed E-state index contributed by atoms with van der Waals surface area (Å²) in [6, 6.07) is 10.4. The van der Waals surface area contributed by atoms with Crippen molar-refractivity contribution in [1.29, 1.82) is 0 Å². The molecule has 0 bridgehead atoms. The van der Waals surface area contributed by atoms with Crippen LogP contribution in [0.2, 0.25) is 0 Å². The Hall–Kier alpha value is -2.25. The number of nitrogens with zero attached hydrogens (tertiary/aromatic N) is 2.